The molecule has 4 heteroatoms. The van der Waals surface area contributed by atoms with Gasteiger partial charge in [-0.1, -0.05) is 40.9 Å². The van der Waals surface area contributed by atoms with E-state index in [0.717, 1.165) is 5.56 Å². The molecule has 1 aliphatic rings. The average Bonchev–Trinajstić information content (AvgIpc) is 2.70. The van der Waals surface area contributed by atoms with Crippen molar-refractivity contribution in [2.75, 3.05) is 0 Å². The van der Waals surface area contributed by atoms with Crippen LogP contribution in [0.5, 0.6) is 5.75 Å². The summed E-state index contributed by atoms with van der Waals surface area (Å²) in [6, 6.07) is 10.6. The Morgan fingerprint density at radius 3 is 2.65 bits per heavy atom. The van der Waals surface area contributed by atoms with Gasteiger partial charge in [0.1, 0.15) is 5.75 Å². The monoisotopic (exact) mass is 304 g/mol. The highest BCUT2D eigenvalue weighted by atomic mass is 35.5. The van der Waals surface area contributed by atoms with Crippen molar-refractivity contribution in [3.63, 3.8) is 0 Å². The van der Waals surface area contributed by atoms with Crippen LogP contribution in [-0.4, -0.2) is 5.78 Å². The molecular formula is C16H10Cl2O2. The minimum absolute atomic E-state index is 0.130. The highest BCUT2D eigenvalue weighted by Gasteiger charge is 2.27. The molecule has 3 rings (SSSR count). The maximum absolute atomic E-state index is 12.3. The molecule has 0 aromatic heterocycles. The first kappa shape index (κ1) is 13.2. The number of ketones is 1. The van der Waals surface area contributed by atoms with Crippen LogP contribution in [0.15, 0.2) is 42.2 Å². The number of fused-ring (bicyclic) bond motifs is 1. The molecule has 100 valence electrons. The van der Waals surface area contributed by atoms with Crippen molar-refractivity contribution in [3.8, 4) is 5.75 Å². The highest BCUT2D eigenvalue weighted by molar-refractivity contribution is 6.35. The molecule has 20 heavy (non-hydrogen) atoms. The number of aryl methyl sites for hydroxylation is 1. The minimum Gasteiger partial charge on any atom is -0.452 e. The highest BCUT2D eigenvalue weighted by Crippen LogP contribution is 2.33. The number of allylic oxidation sites excluding steroid dienone is 1. The molecule has 1 heterocycles. The fraction of sp³-hybridized carbons (Fsp3) is 0.0625. The summed E-state index contributed by atoms with van der Waals surface area (Å²) in [5.41, 5.74) is 2.30. The van der Waals surface area contributed by atoms with E-state index in [1.807, 2.05) is 19.1 Å². The van der Waals surface area contributed by atoms with Crippen LogP contribution in [-0.2, 0) is 0 Å². The van der Waals surface area contributed by atoms with Crippen LogP contribution in [0.1, 0.15) is 21.5 Å². The fourth-order valence-electron chi connectivity index (χ4n) is 2.06. The summed E-state index contributed by atoms with van der Waals surface area (Å²) >= 11 is 11.9. The lowest BCUT2D eigenvalue weighted by Gasteiger charge is -2.01. The first-order chi connectivity index (χ1) is 9.54. The van der Waals surface area contributed by atoms with Crippen molar-refractivity contribution in [1.29, 1.82) is 0 Å². The van der Waals surface area contributed by atoms with Crippen LogP contribution in [0.3, 0.4) is 0 Å². The van der Waals surface area contributed by atoms with Crippen LogP contribution in [0.4, 0.5) is 0 Å². The van der Waals surface area contributed by atoms with Gasteiger partial charge in [0.2, 0.25) is 5.78 Å². The quantitative estimate of drug-likeness (QED) is 0.699. The number of carbonyl (C=O) groups excluding carboxylic acids is 1. The van der Waals surface area contributed by atoms with Gasteiger partial charge < -0.3 is 4.74 Å². The van der Waals surface area contributed by atoms with Crippen molar-refractivity contribution in [1.82, 2.24) is 0 Å². The second kappa shape index (κ2) is 4.97. The van der Waals surface area contributed by atoms with E-state index in [0.29, 0.717) is 26.9 Å². The Labute approximate surface area is 126 Å². The van der Waals surface area contributed by atoms with Gasteiger partial charge in [-0.3, -0.25) is 4.79 Å². The number of Topliss-reactive ketones (excluding diaryl/α,β-unsaturated/α-hetero) is 1. The molecule has 0 N–H and O–H groups in total. The largest absolute Gasteiger partial charge is 0.452 e. The predicted molar refractivity (Wildman–Crippen MR) is 80.6 cm³/mol. The van der Waals surface area contributed by atoms with Crippen LogP contribution in [0.25, 0.3) is 6.08 Å². The second-order valence-electron chi connectivity index (χ2n) is 4.61. The van der Waals surface area contributed by atoms with E-state index in [9.17, 15) is 4.79 Å². The van der Waals surface area contributed by atoms with Gasteiger partial charge in [0.15, 0.2) is 5.76 Å². The van der Waals surface area contributed by atoms with E-state index in [1.165, 1.54) is 0 Å². The molecule has 0 saturated heterocycles. The summed E-state index contributed by atoms with van der Waals surface area (Å²) in [6.07, 6.45) is 1.64. The van der Waals surface area contributed by atoms with Gasteiger partial charge in [0, 0.05) is 10.0 Å². The molecule has 0 aliphatic carbocycles. The number of rotatable bonds is 1. The van der Waals surface area contributed by atoms with Crippen molar-refractivity contribution in [3.05, 3.63) is 68.9 Å². The van der Waals surface area contributed by atoms with Crippen LogP contribution < -0.4 is 4.74 Å². The second-order valence-corrected chi connectivity index (χ2v) is 5.45. The minimum atomic E-state index is -0.130. The van der Waals surface area contributed by atoms with Gasteiger partial charge in [0.05, 0.1) is 5.56 Å². The first-order valence-corrected chi connectivity index (χ1v) is 6.80. The number of ether oxygens (including phenoxy) is 1. The van der Waals surface area contributed by atoms with Crippen molar-refractivity contribution in [2.24, 2.45) is 0 Å². The summed E-state index contributed by atoms with van der Waals surface area (Å²) in [6.45, 7) is 1.94. The molecule has 0 atom stereocenters. The van der Waals surface area contributed by atoms with Gasteiger partial charge in [-0.05, 0) is 42.8 Å². The van der Waals surface area contributed by atoms with E-state index in [1.54, 1.807) is 30.3 Å². The Hall–Kier alpha value is -1.77. The van der Waals surface area contributed by atoms with Crippen LogP contribution in [0, 0.1) is 6.92 Å². The fourth-order valence-corrected chi connectivity index (χ4v) is 2.53. The van der Waals surface area contributed by atoms with Gasteiger partial charge in [0.25, 0.3) is 0 Å². The molecule has 2 nitrogen and oxygen atoms in total. The van der Waals surface area contributed by atoms with E-state index >= 15 is 0 Å². The normalized spacial score (nSPS) is 15.3. The Morgan fingerprint density at radius 2 is 1.90 bits per heavy atom. The Bertz CT molecular complexity index is 748. The molecule has 1 aliphatic heterocycles. The number of hydrogen-bond donors (Lipinski definition) is 0. The lowest BCUT2D eigenvalue weighted by atomic mass is 10.1. The third kappa shape index (κ3) is 2.33. The smallest absolute Gasteiger partial charge is 0.231 e. The zero-order valence-corrected chi connectivity index (χ0v) is 12.1. The number of benzene rings is 2. The van der Waals surface area contributed by atoms with E-state index in [4.69, 9.17) is 27.9 Å². The van der Waals surface area contributed by atoms with Gasteiger partial charge in [-0.15, -0.1) is 0 Å². The number of halogens is 2. The SMILES string of the molecule is Cc1ccc2c(c1)C(=O)/C(=C/c1ccc(Cl)cc1Cl)O2. The van der Waals surface area contributed by atoms with Crippen molar-refractivity contribution >= 4 is 35.1 Å². The Morgan fingerprint density at radius 1 is 1.10 bits per heavy atom. The molecule has 0 saturated carbocycles. The van der Waals surface area contributed by atoms with E-state index in [-0.39, 0.29) is 11.5 Å². The molecule has 0 unspecified atom stereocenters. The summed E-state index contributed by atoms with van der Waals surface area (Å²) in [5, 5.41) is 1.03. The number of hydrogen-bond acceptors (Lipinski definition) is 2. The average molecular weight is 305 g/mol. The lowest BCUT2D eigenvalue weighted by Crippen LogP contribution is -1.98. The Kier molecular flexibility index (Phi) is 3.28. The summed E-state index contributed by atoms with van der Waals surface area (Å²) in [4.78, 5) is 12.3. The van der Waals surface area contributed by atoms with Crippen molar-refractivity contribution < 1.29 is 9.53 Å². The predicted octanol–water partition coefficient (Wildman–Crippen LogP) is 4.92. The molecule has 2 aromatic rings. The molecule has 0 radical (unpaired) electrons. The lowest BCUT2D eigenvalue weighted by molar-refractivity contribution is 0.101. The van der Waals surface area contributed by atoms with Gasteiger partial charge in [-0.2, -0.15) is 0 Å². The van der Waals surface area contributed by atoms with Crippen molar-refractivity contribution in [2.45, 2.75) is 6.92 Å². The zero-order valence-electron chi connectivity index (χ0n) is 10.6. The molecule has 0 bridgehead atoms. The summed E-state index contributed by atoms with van der Waals surface area (Å²) in [5.74, 6) is 0.724. The summed E-state index contributed by atoms with van der Waals surface area (Å²) in [7, 11) is 0. The molecule has 0 amide bonds. The maximum atomic E-state index is 12.3. The first-order valence-electron chi connectivity index (χ1n) is 6.04. The molecular weight excluding hydrogens is 295 g/mol. The van der Waals surface area contributed by atoms with Gasteiger partial charge >= 0.3 is 0 Å². The molecule has 0 fully saturated rings. The topological polar surface area (TPSA) is 26.3 Å². The summed E-state index contributed by atoms with van der Waals surface area (Å²) < 4.78 is 5.58. The van der Waals surface area contributed by atoms with Crippen LogP contribution in [0.2, 0.25) is 10.0 Å². The standard InChI is InChI=1S/C16H10Cl2O2/c1-9-2-5-14-12(6-9)16(19)15(20-14)7-10-3-4-11(17)8-13(10)18/h2-8H,1H3/b15-7-. The molecule has 0 spiro atoms. The maximum Gasteiger partial charge on any atom is 0.231 e. The van der Waals surface area contributed by atoms with E-state index < -0.39 is 0 Å². The third-order valence-corrected chi connectivity index (χ3v) is 3.63. The third-order valence-electron chi connectivity index (χ3n) is 3.07. The number of carbonyl (C=O) groups is 1. The van der Waals surface area contributed by atoms with Gasteiger partial charge in [-0.25, -0.2) is 0 Å². The Balaban J connectivity index is 2.01. The molecule has 2 aromatic carbocycles. The van der Waals surface area contributed by atoms with E-state index in [2.05, 4.69) is 0 Å². The zero-order chi connectivity index (χ0) is 14.3. The van der Waals surface area contributed by atoms with Crippen LogP contribution >= 0.6 is 23.2 Å².